The maximum Gasteiger partial charge on any atom is 0.310 e. The maximum absolute atomic E-state index is 11.0. The number of alkyl halides is 1. The van der Waals surface area contributed by atoms with Crippen molar-refractivity contribution in [2.24, 2.45) is 0 Å². The molecule has 0 saturated heterocycles. The molecule has 0 N–H and O–H groups in total. The highest BCUT2D eigenvalue weighted by atomic mass is 79.9. The van der Waals surface area contributed by atoms with Gasteiger partial charge in [0.15, 0.2) is 5.75 Å². The molecule has 0 heterocycles. The van der Waals surface area contributed by atoms with E-state index in [1.54, 1.807) is 30.3 Å². The summed E-state index contributed by atoms with van der Waals surface area (Å²) in [6, 6.07) is 9.76. The standard InChI is InChI=1S/C14H10BrCl2NO3/c15-7-9-1-4-13(18(19)20)14(5-9)21-8-10-2-3-11(16)6-12(10)17/h1-6H,7-8H2. The van der Waals surface area contributed by atoms with Crippen LogP contribution in [0, 0.1) is 10.1 Å². The Balaban J connectivity index is 2.24. The number of benzene rings is 2. The van der Waals surface area contributed by atoms with Gasteiger partial charge in [-0.15, -0.1) is 0 Å². The number of hydrogen-bond donors (Lipinski definition) is 0. The third-order valence-electron chi connectivity index (χ3n) is 2.77. The first-order chi connectivity index (χ1) is 10.0. The van der Waals surface area contributed by atoms with Crippen molar-refractivity contribution in [3.8, 4) is 5.75 Å². The van der Waals surface area contributed by atoms with Crippen molar-refractivity contribution in [1.29, 1.82) is 0 Å². The molecular formula is C14H10BrCl2NO3. The van der Waals surface area contributed by atoms with Crippen molar-refractivity contribution >= 4 is 44.8 Å². The Morgan fingerprint density at radius 1 is 1.19 bits per heavy atom. The minimum atomic E-state index is -0.475. The number of hydrogen-bond acceptors (Lipinski definition) is 3. The molecule has 2 aromatic rings. The molecule has 0 saturated carbocycles. The van der Waals surface area contributed by atoms with Crippen LogP contribution < -0.4 is 4.74 Å². The van der Waals surface area contributed by atoms with Gasteiger partial charge in [0, 0.05) is 27.0 Å². The molecule has 0 aromatic heterocycles. The Labute approximate surface area is 139 Å². The van der Waals surface area contributed by atoms with E-state index in [1.807, 2.05) is 0 Å². The van der Waals surface area contributed by atoms with Gasteiger partial charge in [0.1, 0.15) is 6.61 Å². The summed E-state index contributed by atoms with van der Waals surface area (Å²) < 4.78 is 5.56. The Bertz CT molecular complexity index is 679. The molecule has 0 unspecified atom stereocenters. The molecule has 0 radical (unpaired) electrons. The van der Waals surface area contributed by atoms with Gasteiger partial charge in [-0.1, -0.05) is 51.3 Å². The van der Waals surface area contributed by atoms with Crippen LogP contribution in [0.3, 0.4) is 0 Å². The lowest BCUT2D eigenvalue weighted by Crippen LogP contribution is -2.00. The van der Waals surface area contributed by atoms with Gasteiger partial charge in [-0.3, -0.25) is 10.1 Å². The van der Waals surface area contributed by atoms with Gasteiger partial charge in [0.25, 0.3) is 0 Å². The molecule has 7 heteroatoms. The van der Waals surface area contributed by atoms with Gasteiger partial charge in [-0.2, -0.15) is 0 Å². The summed E-state index contributed by atoms with van der Waals surface area (Å²) in [4.78, 5) is 10.5. The summed E-state index contributed by atoms with van der Waals surface area (Å²) in [6.07, 6.45) is 0. The van der Waals surface area contributed by atoms with Gasteiger partial charge < -0.3 is 4.74 Å². The average molecular weight is 391 g/mol. The van der Waals surface area contributed by atoms with Gasteiger partial charge >= 0.3 is 5.69 Å². The third-order valence-corrected chi connectivity index (χ3v) is 4.01. The van der Waals surface area contributed by atoms with Crippen LogP contribution in [-0.2, 0) is 11.9 Å². The summed E-state index contributed by atoms with van der Waals surface area (Å²) in [5.74, 6) is 0.211. The summed E-state index contributed by atoms with van der Waals surface area (Å²) >= 11 is 15.2. The number of nitro groups is 1. The van der Waals surface area contributed by atoms with Crippen molar-refractivity contribution in [2.45, 2.75) is 11.9 Å². The highest BCUT2D eigenvalue weighted by molar-refractivity contribution is 9.08. The van der Waals surface area contributed by atoms with Crippen LogP contribution in [0.15, 0.2) is 36.4 Å². The first-order valence-electron chi connectivity index (χ1n) is 5.91. The van der Waals surface area contributed by atoms with E-state index in [1.165, 1.54) is 6.07 Å². The fourth-order valence-corrected chi connectivity index (χ4v) is 2.51. The Hall–Kier alpha value is -1.30. The first-order valence-corrected chi connectivity index (χ1v) is 7.79. The molecule has 0 aliphatic heterocycles. The normalized spacial score (nSPS) is 10.4. The molecule has 2 rings (SSSR count). The number of nitrogens with zero attached hydrogens (tertiary/aromatic N) is 1. The molecule has 21 heavy (non-hydrogen) atoms. The molecule has 0 aliphatic rings. The summed E-state index contributed by atoms with van der Waals surface area (Å²) in [5.41, 5.74) is 1.52. The highest BCUT2D eigenvalue weighted by Crippen LogP contribution is 2.30. The zero-order valence-electron chi connectivity index (χ0n) is 10.7. The minimum absolute atomic E-state index is 0.0789. The maximum atomic E-state index is 11.0. The van der Waals surface area contributed by atoms with Crippen LogP contribution in [-0.4, -0.2) is 4.92 Å². The van der Waals surface area contributed by atoms with Gasteiger partial charge in [0.05, 0.1) is 4.92 Å². The van der Waals surface area contributed by atoms with E-state index in [9.17, 15) is 10.1 Å². The van der Waals surface area contributed by atoms with Crippen LogP contribution in [0.5, 0.6) is 5.75 Å². The number of rotatable bonds is 5. The van der Waals surface area contributed by atoms with Gasteiger partial charge in [-0.25, -0.2) is 0 Å². The quantitative estimate of drug-likeness (QED) is 0.391. The van der Waals surface area contributed by atoms with E-state index < -0.39 is 4.92 Å². The van der Waals surface area contributed by atoms with Crippen molar-refractivity contribution < 1.29 is 9.66 Å². The van der Waals surface area contributed by atoms with E-state index in [0.717, 1.165) is 5.56 Å². The molecule has 2 aromatic carbocycles. The zero-order chi connectivity index (χ0) is 15.4. The predicted molar refractivity (Wildman–Crippen MR) is 86.5 cm³/mol. The molecule has 0 fully saturated rings. The van der Waals surface area contributed by atoms with Crippen molar-refractivity contribution in [1.82, 2.24) is 0 Å². The fraction of sp³-hybridized carbons (Fsp3) is 0.143. The SMILES string of the molecule is O=[N+]([O-])c1ccc(CBr)cc1OCc1ccc(Cl)cc1Cl. The second-order valence-electron chi connectivity index (χ2n) is 4.22. The Morgan fingerprint density at radius 3 is 2.57 bits per heavy atom. The minimum Gasteiger partial charge on any atom is -0.482 e. The van der Waals surface area contributed by atoms with Crippen LogP contribution in [0.1, 0.15) is 11.1 Å². The van der Waals surface area contributed by atoms with Crippen molar-refractivity contribution in [2.75, 3.05) is 0 Å². The lowest BCUT2D eigenvalue weighted by atomic mass is 10.2. The van der Waals surface area contributed by atoms with Gasteiger partial charge in [-0.05, 0) is 23.8 Å². The smallest absolute Gasteiger partial charge is 0.310 e. The second kappa shape index (κ2) is 7.11. The van der Waals surface area contributed by atoms with E-state index >= 15 is 0 Å². The topological polar surface area (TPSA) is 52.4 Å². The largest absolute Gasteiger partial charge is 0.482 e. The number of ether oxygens (including phenoxy) is 1. The summed E-state index contributed by atoms with van der Waals surface area (Å²) in [5, 5.41) is 12.6. The fourth-order valence-electron chi connectivity index (χ4n) is 1.70. The number of halogens is 3. The Kier molecular flexibility index (Phi) is 5.45. The molecular weight excluding hydrogens is 381 g/mol. The van der Waals surface area contributed by atoms with Crippen molar-refractivity contribution in [3.63, 3.8) is 0 Å². The molecule has 0 aliphatic carbocycles. The molecule has 4 nitrogen and oxygen atoms in total. The summed E-state index contributed by atoms with van der Waals surface area (Å²) in [7, 11) is 0. The monoisotopic (exact) mass is 389 g/mol. The molecule has 0 spiro atoms. The third kappa shape index (κ3) is 4.09. The predicted octanol–water partition coefficient (Wildman–Crippen LogP) is 5.38. The molecule has 0 atom stereocenters. The van der Waals surface area contributed by atoms with Crippen molar-refractivity contribution in [3.05, 3.63) is 67.7 Å². The number of nitro benzene ring substituents is 1. The van der Waals surface area contributed by atoms with E-state index in [0.29, 0.717) is 20.9 Å². The van der Waals surface area contributed by atoms with Crippen LogP contribution in [0.25, 0.3) is 0 Å². The van der Waals surface area contributed by atoms with E-state index in [4.69, 9.17) is 27.9 Å². The van der Waals surface area contributed by atoms with E-state index in [2.05, 4.69) is 15.9 Å². The Morgan fingerprint density at radius 2 is 1.95 bits per heavy atom. The lowest BCUT2D eigenvalue weighted by Gasteiger charge is -2.09. The van der Waals surface area contributed by atoms with Gasteiger partial charge in [0.2, 0.25) is 0 Å². The van der Waals surface area contributed by atoms with Crippen LogP contribution >= 0.6 is 39.1 Å². The van der Waals surface area contributed by atoms with Crippen LogP contribution in [0.4, 0.5) is 5.69 Å². The lowest BCUT2D eigenvalue weighted by molar-refractivity contribution is -0.386. The second-order valence-corrected chi connectivity index (χ2v) is 5.62. The molecule has 0 bridgehead atoms. The first kappa shape index (κ1) is 16.1. The van der Waals surface area contributed by atoms with E-state index in [-0.39, 0.29) is 18.0 Å². The summed E-state index contributed by atoms with van der Waals surface area (Å²) in [6.45, 7) is 0.128. The highest BCUT2D eigenvalue weighted by Gasteiger charge is 2.16. The molecule has 110 valence electrons. The average Bonchev–Trinajstić information content (AvgIpc) is 2.45. The van der Waals surface area contributed by atoms with Crippen LogP contribution in [0.2, 0.25) is 10.0 Å². The molecule has 0 amide bonds. The zero-order valence-corrected chi connectivity index (χ0v) is 13.8.